The second-order valence-electron chi connectivity index (χ2n) is 3.21. The zero-order chi connectivity index (χ0) is 12.3. The summed E-state index contributed by atoms with van der Waals surface area (Å²) in [6, 6.07) is 6.09. The van der Waals surface area contributed by atoms with E-state index in [1.807, 2.05) is 0 Å². The van der Waals surface area contributed by atoms with Crippen LogP contribution >= 0.6 is 11.6 Å². The Morgan fingerprint density at radius 2 is 1.88 bits per heavy atom. The minimum absolute atomic E-state index is 0.207. The van der Waals surface area contributed by atoms with Gasteiger partial charge in [-0.05, 0) is 17.7 Å². The second kappa shape index (κ2) is 4.82. The van der Waals surface area contributed by atoms with Crippen molar-refractivity contribution in [3.8, 4) is 0 Å². The Labute approximate surface area is 98.6 Å². The van der Waals surface area contributed by atoms with Crippen LogP contribution in [0.4, 0.5) is 5.69 Å². The summed E-state index contributed by atoms with van der Waals surface area (Å²) in [6.07, 6.45) is 0. The summed E-state index contributed by atoms with van der Waals surface area (Å²) in [5.74, 6) is -0.207. The fourth-order valence-corrected chi connectivity index (χ4v) is 1.79. The molecule has 0 aliphatic heterocycles. The van der Waals surface area contributed by atoms with Crippen LogP contribution in [0, 0.1) is 0 Å². The molecule has 1 rings (SSSR count). The highest BCUT2D eigenvalue weighted by atomic mass is 35.5. The fourth-order valence-electron chi connectivity index (χ4n) is 1.11. The Bertz CT molecular complexity index is 484. The highest BCUT2D eigenvalue weighted by Gasteiger charge is 2.20. The molecule has 0 heterocycles. The summed E-state index contributed by atoms with van der Waals surface area (Å²) in [5, 5.41) is 7.45. The monoisotopic (exact) mass is 262 g/mol. The lowest BCUT2D eigenvalue weighted by molar-refractivity contribution is -0.114. The van der Waals surface area contributed by atoms with Gasteiger partial charge in [-0.1, -0.05) is 23.7 Å². The Morgan fingerprint density at radius 1 is 1.38 bits per heavy atom. The predicted molar refractivity (Wildman–Crippen MR) is 62.4 cm³/mol. The fraction of sp³-hybridized carbons (Fsp3) is 0.222. The highest BCUT2D eigenvalue weighted by Crippen LogP contribution is 2.25. The third kappa shape index (κ3) is 3.48. The molecule has 0 spiro atoms. The average molecular weight is 263 g/mol. The number of rotatable bonds is 3. The quantitative estimate of drug-likeness (QED) is 0.802. The molecule has 1 atom stereocenters. The van der Waals surface area contributed by atoms with Crippen molar-refractivity contribution in [1.82, 2.24) is 0 Å². The lowest BCUT2D eigenvalue weighted by Crippen LogP contribution is -2.17. The van der Waals surface area contributed by atoms with Crippen LogP contribution in [-0.4, -0.2) is 14.3 Å². The number of sulfonamides is 1. The first-order valence-electron chi connectivity index (χ1n) is 4.34. The lowest BCUT2D eigenvalue weighted by Gasteiger charge is -2.08. The van der Waals surface area contributed by atoms with Crippen LogP contribution in [0.5, 0.6) is 0 Å². The van der Waals surface area contributed by atoms with Crippen LogP contribution in [0.3, 0.4) is 0 Å². The van der Waals surface area contributed by atoms with E-state index in [0.29, 0.717) is 11.3 Å². The minimum atomic E-state index is -3.81. The van der Waals surface area contributed by atoms with Crippen molar-refractivity contribution >= 4 is 33.2 Å². The van der Waals surface area contributed by atoms with Crippen molar-refractivity contribution in [3.63, 3.8) is 0 Å². The van der Waals surface area contributed by atoms with Crippen molar-refractivity contribution in [2.24, 2.45) is 5.14 Å². The van der Waals surface area contributed by atoms with Gasteiger partial charge in [0.25, 0.3) is 0 Å². The van der Waals surface area contributed by atoms with E-state index in [0.717, 1.165) is 0 Å². The molecule has 0 aromatic heterocycles. The van der Waals surface area contributed by atoms with E-state index in [9.17, 15) is 13.2 Å². The topological polar surface area (TPSA) is 89.3 Å². The van der Waals surface area contributed by atoms with E-state index in [1.165, 1.54) is 19.1 Å². The maximum absolute atomic E-state index is 11.0. The second-order valence-corrected chi connectivity index (χ2v) is 5.55. The van der Waals surface area contributed by atoms with Gasteiger partial charge >= 0.3 is 0 Å². The molecule has 3 N–H and O–H groups in total. The number of halogens is 1. The maximum atomic E-state index is 11.0. The number of carbonyl (C=O) groups is 1. The van der Waals surface area contributed by atoms with Gasteiger partial charge in [0.15, 0.2) is 4.71 Å². The molecule has 0 saturated carbocycles. The third-order valence-corrected chi connectivity index (χ3v) is 3.63. The molecule has 0 aliphatic carbocycles. The molecule has 1 aromatic carbocycles. The van der Waals surface area contributed by atoms with Gasteiger partial charge < -0.3 is 5.32 Å². The number of nitrogens with two attached hydrogens (primary N) is 1. The molecule has 0 fully saturated rings. The summed E-state index contributed by atoms with van der Waals surface area (Å²) in [4.78, 5) is 10.7. The molecular weight excluding hydrogens is 252 g/mol. The van der Waals surface area contributed by atoms with E-state index in [2.05, 4.69) is 5.32 Å². The van der Waals surface area contributed by atoms with Gasteiger partial charge in [0.2, 0.25) is 15.9 Å². The molecular formula is C9H11ClN2O3S. The zero-order valence-corrected chi connectivity index (χ0v) is 10.0. The number of nitrogens with one attached hydrogen (secondary N) is 1. The van der Waals surface area contributed by atoms with E-state index in [1.54, 1.807) is 12.1 Å². The van der Waals surface area contributed by atoms with Gasteiger partial charge in [0, 0.05) is 12.6 Å². The van der Waals surface area contributed by atoms with Gasteiger partial charge in [-0.15, -0.1) is 0 Å². The summed E-state index contributed by atoms with van der Waals surface area (Å²) < 4.78 is 20.7. The molecule has 0 radical (unpaired) electrons. The minimum Gasteiger partial charge on any atom is -0.326 e. The Morgan fingerprint density at radius 3 is 2.25 bits per heavy atom. The Kier molecular flexibility index (Phi) is 3.90. The van der Waals surface area contributed by atoms with Crippen LogP contribution in [0.2, 0.25) is 0 Å². The molecule has 1 unspecified atom stereocenters. The third-order valence-electron chi connectivity index (χ3n) is 1.78. The smallest absolute Gasteiger partial charge is 0.230 e. The normalized spacial score (nSPS) is 13.2. The Balaban J connectivity index is 2.91. The van der Waals surface area contributed by atoms with E-state index < -0.39 is 14.7 Å². The number of anilines is 1. The lowest BCUT2D eigenvalue weighted by atomic mass is 10.2. The van der Waals surface area contributed by atoms with Crippen molar-refractivity contribution in [1.29, 1.82) is 0 Å². The van der Waals surface area contributed by atoms with Gasteiger partial charge in [-0.2, -0.15) is 0 Å². The van der Waals surface area contributed by atoms with Crippen LogP contribution in [0.1, 0.15) is 17.2 Å². The van der Waals surface area contributed by atoms with Crippen LogP contribution < -0.4 is 10.5 Å². The van der Waals surface area contributed by atoms with E-state index in [4.69, 9.17) is 16.7 Å². The van der Waals surface area contributed by atoms with Crippen molar-refractivity contribution < 1.29 is 13.2 Å². The molecule has 0 saturated heterocycles. The zero-order valence-electron chi connectivity index (χ0n) is 8.48. The molecule has 0 bridgehead atoms. The van der Waals surface area contributed by atoms with Gasteiger partial charge in [0.05, 0.1) is 0 Å². The molecule has 88 valence electrons. The highest BCUT2D eigenvalue weighted by molar-refractivity contribution is 7.90. The molecule has 0 aliphatic rings. The first kappa shape index (κ1) is 13.0. The molecule has 1 aromatic rings. The molecule has 16 heavy (non-hydrogen) atoms. The number of hydrogen-bond donors (Lipinski definition) is 2. The van der Waals surface area contributed by atoms with E-state index in [-0.39, 0.29) is 5.91 Å². The number of benzene rings is 1. The summed E-state index contributed by atoms with van der Waals surface area (Å²) in [5.41, 5.74) is 0.924. The molecule has 1 amide bonds. The SMILES string of the molecule is CC(=O)Nc1ccc(C(Cl)S(N)(=O)=O)cc1. The van der Waals surface area contributed by atoms with Crippen molar-refractivity contribution in [3.05, 3.63) is 29.8 Å². The van der Waals surface area contributed by atoms with Gasteiger partial charge in [-0.25, -0.2) is 13.6 Å². The Hall–Kier alpha value is -1.11. The largest absolute Gasteiger partial charge is 0.326 e. The number of amides is 1. The standard InChI is InChI=1S/C9H11ClN2O3S/c1-6(13)12-8-4-2-7(3-5-8)9(10)16(11,14)15/h2-5,9H,1H3,(H,12,13)(H2,11,14,15). The number of alkyl halides is 1. The van der Waals surface area contributed by atoms with Crippen LogP contribution in [0.25, 0.3) is 0 Å². The summed E-state index contributed by atoms with van der Waals surface area (Å²) >= 11 is 5.64. The molecule has 5 nitrogen and oxygen atoms in total. The van der Waals surface area contributed by atoms with Crippen LogP contribution in [0.15, 0.2) is 24.3 Å². The summed E-state index contributed by atoms with van der Waals surface area (Å²) in [6.45, 7) is 1.38. The first-order chi connectivity index (χ1) is 7.30. The first-order valence-corrected chi connectivity index (χ1v) is 6.38. The number of primary sulfonamides is 1. The number of hydrogen-bond acceptors (Lipinski definition) is 3. The van der Waals surface area contributed by atoms with Crippen molar-refractivity contribution in [2.75, 3.05) is 5.32 Å². The van der Waals surface area contributed by atoms with Crippen LogP contribution in [-0.2, 0) is 14.8 Å². The van der Waals surface area contributed by atoms with Crippen molar-refractivity contribution in [2.45, 2.75) is 11.6 Å². The van der Waals surface area contributed by atoms with E-state index >= 15 is 0 Å². The average Bonchev–Trinajstić information content (AvgIpc) is 2.15. The predicted octanol–water partition coefficient (Wildman–Crippen LogP) is 1.17. The van der Waals surface area contributed by atoms with Gasteiger partial charge in [0.1, 0.15) is 0 Å². The maximum Gasteiger partial charge on any atom is 0.230 e. The number of carbonyl (C=O) groups excluding carboxylic acids is 1. The summed E-state index contributed by atoms with van der Waals surface area (Å²) in [7, 11) is -3.81. The molecule has 7 heteroatoms. The van der Waals surface area contributed by atoms with Gasteiger partial charge in [-0.3, -0.25) is 4.79 Å².